The minimum atomic E-state index is 0.722. The largest absolute Gasteiger partial charge is 0.364 e. The van der Waals surface area contributed by atoms with Gasteiger partial charge in [0.2, 0.25) is 0 Å². The molecule has 0 saturated heterocycles. The zero-order chi connectivity index (χ0) is 17.5. The van der Waals surface area contributed by atoms with Crippen molar-refractivity contribution in [3.63, 3.8) is 0 Å². The Morgan fingerprint density at radius 1 is 0.760 bits per heavy atom. The highest BCUT2D eigenvalue weighted by Crippen LogP contribution is 2.27. The Morgan fingerprint density at radius 2 is 1.28 bits per heavy atom. The number of pyridine rings is 3. The molecule has 124 valence electrons. The first-order valence-electron chi connectivity index (χ1n) is 8.13. The van der Waals surface area contributed by atoms with Crippen LogP contribution in [0.3, 0.4) is 0 Å². The maximum Gasteiger partial charge on any atom is 0.0914 e. The van der Waals surface area contributed by atoms with E-state index in [-0.39, 0.29) is 0 Å². The summed E-state index contributed by atoms with van der Waals surface area (Å²) in [6.45, 7) is 9.15. The monoisotopic (exact) mass is 328 g/mol. The van der Waals surface area contributed by atoms with Crippen molar-refractivity contribution in [2.75, 3.05) is 18.0 Å². The van der Waals surface area contributed by atoms with Gasteiger partial charge in [-0.05, 0) is 36.4 Å². The van der Waals surface area contributed by atoms with Crippen LogP contribution in [0.4, 0.5) is 5.69 Å². The molecule has 0 saturated carbocycles. The summed E-state index contributed by atoms with van der Waals surface area (Å²) in [5.74, 6) is 0. The second-order valence-corrected chi connectivity index (χ2v) is 5.51. The summed E-state index contributed by atoms with van der Waals surface area (Å²) in [4.78, 5) is 15.8. The zero-order valence-electron chi connectivity index (χ0n) is 14.0. The fraction of sp³-hybridized carbons (Fsp3) is 0.0952. The Bertz CT molecular complexity index is 777. The summed E-state index contributed by atoms with van der Waals surface area (Å²) in [5, 5.41) is 0. The van der Waals surface area contributed by atoms with Crippen molar-refractivity contribution < 1.29 is 0 Å². The van der Waals surface area contributed by atoms with Crippen molar-refractivity contribution >= 4 is 5.69 Å². The highest BCUT2D eigenvalue weighted by molar-refractivity contribution is 5.69. The maximum atomic E-state index is 4.77. The van der Waals surface area contributed by atoms with Gasteiger partial charge in [-0.15, -0.1) is 13.2 Å². The molecule has 0 spiro atoms. The van der Waals surface area contributed by atoms with Gasteiger partial charge in [0.15, 0.2) is 0 Å². The number of hydrogen-bond donors (Lipinski definition) is 0. The minimum absolute atomic E-state index is 0.722. The Balaban J connectivity index is 2.14. The van der Waals surface area contributed by atoms with E-state index in [1.54, 1.807) is 12.4 Å². The normalized spacial score (nSPS) is 10.2. The highest BCUT2D eigenvalue weighted by Gasteiger charge is 2.12. The summed E-state index contributed by atoms with van der Waals surface area (Å²) in [6.07, 6.45) is 7.31. The predicted molar refractivity (Wildman–Crippen MR) is 103 cm³/mol. The third-order valence-electron chi connectivity index (χ3n) is 3.73. The van der Waals surface area contributed by atoms with Gasteiger partial charge in [0.05, 0.1) is 22.8 Å². The lowest BCUT2D eigenvalue weighted by Gasteiger charge is -2.23. The SMILES string of the molecule is C=CCN(CC=C)c1cc(-c2ccccn2)nc(-c2ccccn2)c1. The van der Waals surface area contributed by atoms with E-state index in [0.29, 0.717) is 0 Å². The molecule has 0 atom stereocenters. The van der Waals surface area contributed by atoms with E-state index in [1.807, 2.05) is 60.7 Å². The topological polar surface area (TPSA) is 41.9 Å². The van der Waals surface area contributed by atoms with E-state index in [1.165, 1.54) is 0 Å². The van der Waals surface area contributed by atoms with Crippen LogP contribution < -0.4 is 4.90 Å². The number of anilines is 1. The lowest BCUT2D eigenvalue weighted by molar-refractivity contribution is 0.954. The van der Waals surface area contributed by atoms with E-state index in [0.717, 1.165) is 41.6 Å². The number of nitrogens with zero attached hydrogens (tertiary/aromatic N) is 4. The second-order valence-electron chi connectivity index (χ2n) is 5.51. The number of aromatic nitrogens is 3. The summed E-state index contributed by atoms with van der Waals surface area (Å²) >= 11 is 0. The van der Waals surface area contributed by atoms with Crippen LogP contribution in [0.5, 0.6) is 0 Å². The lowest BCUT2D eigenvalue weighted by Crippen LogP contribution is -2.23. The number of rotatable bonds is 7. The molecule has 0 N–H and O–H groups in total. The summed E-state index contributed by atoms with van der Waals surface area (Å²) in [7, 11) is 0. The van der Waals surface area contributed by atoms with Gasteiger partial charge < -0.3 is 4.90 Å². The molecular weight excluding hydrogens is 308 g/mol. The predicted octanol–water partition coefficient (Wildman–Crippen LogP) is 4.38. The summed E-state index contributed by atoms with van der Waals surface area (Å²) < 4.78 is 0. The van der Waals surface area contributed by atoms with Crippen molar-refractivity contribution in [2.45, 2.75) is 0 Å². The molecule has 25 heavy (non-hydrogen) atoms. The van der Waals surface area contributed by atoms with Gasteiger partial charge in [0.1, 0.15) is 0 Å². The summed E-state index contributed by atoms with van der Waals surface area (Å²) in [5.41, 5.74) is 4.34. The van der Waals surface area contributed by atoms with Gasteiger partial charge >= 0.3 is 0 Å². The molecule has 0 aliphatic rings. The Labute approximate surface area is 148 Å². The lowest BCUT2D eigenvalue weighted by atomic mass is 10.1. The molecule has 0 aliphatic carbocycles. The van der Waals surface area contributed by atoms with Gasteiger partial charge in [-0.2, -0.15) is 0 Å². The average molecular weight is 328 g/mol. The molecule has 0 bridgehead atoms. The van der Waals surface area contributed by atoms with Crippen LogP contribution in [0, 0.1) is 0 Å². The maximum absolute atomic E-state index is 4.77. The molecule has 3 heterocycles. The van der Waals surface area contributed by atoms with Crippen molar-refractivity contribution in [3.8, 4) is 22.8 Å². The van der Waals surface area contributed by atoms with Crippen LogP contribution in [-0.4, -0.2) is 28.0 Å². The van der Waals surface area contributed by atoms with Crippen LogP contribution in [-0.2, 0) is 0 Å². The third kappa shape index (κ3) is 3.98. The second kappa shape index (κ2) is 8.02. The van der Waals surface area contributed by atoms with Crippen molar-refractivity contribution in [1.82, 2.24) is 15.0 Å². The Morgan fingerprint density at radius 3 is 1.68 bits per heavy atom. The quantitative estimate of drug-likeness (QED) is 0.603. The molecule has 4 heteroatoms. The first-order valence-corrected chi connectivity index (χ1v) is 8.13. The summed E-state index contributed by atoms with van der Waals surface area (Å²) in [6, 6.07) is 15.7. The number of hydrogen-bond acceptors (Lipinski definition) is 4. The van der Waals surface area contributed by atoms with Crippen molar-refractivity contribution in [2.24, 2.45) is 0 Å². The highest BCUT2D eigenvalue weighted by atomic mass is 15.1. The van der Waals surface area contributed by atoms with Crippen LogP contribution in [0.25, 0.3) is 22.8 Å². The average Bonchev–Trinajstić information content (AvgIpc) is 2.69. The van der Waals surface area contributed by atoms with Crippen LogP contribution in [0.1, 0.15) is 0 Å². The van der Waals surface area contributed by atoms with Crippen molar-refractivity contribution in [3.05, 3.63) is 86.2 Å². The molecule has 4 nitrogen and oxygen atoms in total. The van der Waals surface area contributed by atoms with Crippen molar-refractivity contribution in [1.29, 1.82) is 0 Å². The Hall–Kier alpha value is -3.27. The standard InChI is InChI=1S/C21H20N4/c1-3-13-25(14-4-2)17-15-20(18-9-5-7-11-22-18)24-21(16-17)19-10-6-8-12-23-19/h3-12,15-16H,1-2,13-14H2. The van der Waals surface area contributed by atoms with E-state index in [2.05, 4.69) is 28.0 Å². The van der Waals surface area contributed by atoms with E-state index in [4.69, 9.17) is 4.98 Å². The Kier molecular flexibility index (Phi) is 5.32. The van der Waals surface area contributed by atoms with Gasteiger partial charge in [-0.1, -0.05) is 24.3 Å². The molecule has 3 aromatic rings. The minimum Gasteiger partial charge on any atom is -0.364 e. The fourth-order valence-electron chi connectivity index (χ4n) is 2.59. The third-order valence-corrected chi connectivity index (χ3v) is 3.73. The molecule has 0 aromatic carbocycles. The van der Waals surface area contributed by atoms with Gasteiger partial charge in [0, 0.05) is 31.2 Å². The fourth-order valence-corrected chi connectivity index (χ4v) is 2.59. The first kappa shape index (κ1) is 16.6. The van der Waals surface area contributed by atoms with Crippen LogP contribution in [0.15, 0.2) is 86.2 Å². The molecular formula is C21H20N4. The van der Waals surface area contributed by atoms with Crippen LogP contribution >= 0.6 is 0 Å². The smallest absolute Gasteiger partial charge is 0.0914 e. The van der Waals surface area contributed by atoms with Crippen LogP contribution in [0.2, 0.25) is 0 Å². The van der Waals surface area contributed by atoms with Gasteiger partial charge in [-0.3, -0.25) is 9.97 Å². The molecule has 3 rings (SSSR count). The first-order chi connectivity index (χ1) is 12.3. The van der Waals surface area contributed by atoms with E-state index in [9.17, 15) is 0 Å². The molecule has 0 radical (unpaired) electrons. The van der Waals surface area contributed by atoms with E-state index >= 15 is 0 Å². The zero-order valence-corrected chi connectivity index (χ0v) is 14.0. The van der Waals surface area contributed by atoms with Gasteiger partial charge in [0.25, 0.3) is 0 Å². The molecule has 0 fully saturated rings. The molecule has 0 aliphatic heterocycles. The van der Waals surface area contributed by atoms with E-state index < -0.39 is 0 Å². The molecule has 0 amide bonds. The molecule has 0 unspecified atom stereocenters. The molecule has 3 aromatic heterocycles. The van der Waals surface area contributed by atoms with Gasteiger partial charge in [-0.25, -0.2) is 4.98 Å².